The number of rotatable bonds is 4. The number of hydrogen-bond donors (Lipinski definition) is 1. The number of aliphatic hydroxyl groups excluding tert-OH is 1. The molecule has 1 heterocycles. The molecule has 0 aliphatic heterocycles. The molecule has 0 fully saturated rings. The first kappa shape index (κ1) is 13.6. The average molecular weight is 270 g/mol. The van der Waals surface area contributed by atoms with Gasteiger partial charge in [-0.15, -0.1) is 0 Å². The van der Waals surface area contributed by atoms with Crippen molar-refractivity contribution in [2.75, 3.05) is 0 Å². The molecule has 3 nitrogen and oxygen atoms in total. The summed E-state index contributed by atoms with van der Waals surface area (Å²) in [4.78, 5) is 3.90. The normalized spacial score (nSPS) is 12.7. The van der Waals surface area contributed by atoms with Crippen LogP contribution in [0.15, 0.2) is 24.5 Å². The van der Waals surface area contributed by atoms with Crippen molar-refractivity contribution >= 4 is 0 Å². The van der Waals surface area contributed by atoms with Gasteiger partial charge in [-0.2, -0.15) is 0 Å². The van der Waals surface area contributed by atoms with Gasteiger partial charge >= 0.3 is 0 Å². The van der Waals surface area contributed by atoms with Crippen LogP contribution in [0.25, 0.3) is 0 Å². The molecule has 1 aromatic carbocycles. The van der Waals surface area contributed by atoms with Crippen LogP contribution in [0.5, 0.6) is 0 Å². The number of aryl methyl sites for hydroxylation is 1. The van der Waals surface area contributed by atoms with E-state index in [2.05, 4.69) is 4.98 Å². The molecule has 2 aromatic rings. The highest BCUT2D eigenvalue weighted by atomic mass is 19.1. The number of halogens is 3. The van der Waals surface area contributed by atoms with Crippen LogP contribution in [0.1, 0.15) is 30.8 Å². The molecule has 19 heavy (non-hydrogen) atoms. The SMILES string of the molecule is CCCn1ccnc1C(O)c1c(F)cc(F)cc1F. The molecular formula is C13H13F3N2O. The first-order chi connectivity index (χ1) is 9.04. The molecule has 1 unspecified atom stereocenters. The van der Waals surface area contributed by atoms with Crippen LogP contribution in [0, 0.1) is 17.5 Å². The second kappa shape index (κ2) is 5.44. The summed E-state index contributed by atoms with van der Waals surface area (Å²) in [5, 5.41) is 10.1. The van der Waals surface area contributed by atoms with E-state index in [1.165, 1.54) is 6.20 Å². The van der Waals surface area contributed by atoms with Gasteiger partial charge in [0.1, 0.15) is 29.4 Å². The molecule has 0 bridgehead atoms. The van der Waals surface area contributed by atoms with Crippen molar-refractivity contribution in [3.05, 3.63) is 53.4 Å². The van der Waals surface area contributed by atoms with Crippen molar-refractivity contribution in [1.82, 2.24) is 9.55 Å². The third-order valence-corrected chi connectivity index (χ3v) is 2.77. The molecule has 0 spiro atoms. The van der Waals surface area contributed by atoms with Crippen molar-refractivity contribution in [3.8, 4) is 0 Å². The maximum Gasteiger partial charge on any atom is 0.142 e. The zero-order valence-electron chi connectivity index (χ0n) is 10.3. The van der Waals surface area contributed by atoms with Gasteiger partial charge in [-0.3, -0.25) is 0 Å². The topological polar surface area (TPSA) is 38.0 Å². The van der Waals surface area contributed by atoms with Crippen molar-refractivity contribution in [3.63, 3.8) is 0 Å². The third-order valence-electron chi connectivity index (χ3n) is 2.77. The second-order valence-electron chi connectivity index (χ2n) is 4.16. The molecule has 0 radical (unpaired) electrons. The Kier molecular flexibility index (Phi) is 3.90. The molecule has 0 amide bonds. The van der Waals surface area contributed by atoms with Crippen LogP contribution in [0.3, 0.4) is 0 Å². The fourth-order valence-electron chi connectivity index (χ4n) is 1.94. The van der Waals surface area contributed by atoms with E-state index in [1.807, 2.05) is 6.92 Å². The standard InChI is InChI=1S/C13H13F3N2O/c1-2-4-18-5-3-17-13(18)12(19)11-9(15)6-8(14)7-10(11)16/h3,5-7,12,19H,2,4H2,1H3. The lowest BCUT2D eigenvalue weighted by molar-refractivity contribution is 0.193. The lowest BCUT2D eigenvalue weighted by atomic mass is 10.1. The largest absolute Gasteiger partial charge is 0.380 e. The van der Waals surface area contributed by atoms with Gasteiger partial charge in [0, 0.05) is 31.1 Å². The van der Waals surface area contributed by atoms with E-state index >= 15 is 0 Å². The molecule has 1 aromatic heterocycles. The molecule has 1 atom stereocenters. The monoisotopic (exact) mass is 270 g/mol. The molecule has 6 heteroatoms. The van der Waals surface area contributed by atoms with Crippen LogP contribution in [-0.4, -0.2) is 14.7 Å². The van der Waals surface area contributed by atoms with Gasteiger partial charge in [0.15, 0.2) is 0 Å². The summed E-state index contributed by atoms with van der Waals surface area (Å²) in [6.07, 6.45) is 2.27. The van der Waals surface area contributed by atoms with E-state index in [0.29, 0.717) is 18.7 Å². The maximum absolute atomic E-state index is 13.6. The van der Waals surface area contributed by atoms with E-state index in [9.17, 15) is 18.3 Å². The van der Waals surface area contributed by atoms with Crippen molar-refractivity contribution in [2.24, 2.45) is 0 Å². The van der Waals surface area contributed by atoms with Crippen LogP contribution >= 0.6 is 0 Å². The van der Waals surface area contributed by atoms with Gasteiger partial charge in [-0.05, 0) is 6.42 Å². The van der Waals surface area contributed by atoms with Gasteiger partial charge in [0.25, 0.3) is 0 Å². The minimum absolute atomic E-state index is 0.131. The summed E-state index contributed by atoms with van der Waals surface area (Å²) < 4.78 is 41.6. The molecular weight excluding hydrogens is 257 g/mol. The van der Waals surface area contributed by atoms with Gasteiger partial charge < -0.3 is 9.67 Å². The molecule has 0 aliphatic rings. The highest BCUT2D eigenvalue weighted by molar-refractivity contribution is 5.27. The fourth-order valence-corrected chi connectivity index (χ4v) is 1.94. The minimum atomic E-state index is -1.57. The highest BCUT2D eigenvalue weighted by Gasteiger charge is 2.24. The Morgan fingerprint density at radius 2 is 1.89 bits per heavy atom. The molecule has 102 valence electrons. The number of nitrogens with zero attached hydrogens (tertiary/aromatic N) is 2. The Morgan fingerprint density at radius 3 is 2.47 bits per heavy atom. The molecule has 0 aliphatic carbocycles. The van der Waals surface area contributed by atoms with E-state index in [0.717, 1.165) is 6.42 Å². The van der Waals surface area contributed by atoms with Gasteiger partial charge in [-0.25, -0.2) is 18.2 Å². The summed E-state index contributed by atoms with van der Waals surface area (Å²) >= 11 is 0. The van der Waals surface area contributed by atoms with E-state index in [-0.39, 0.29) is 5.82 Å². The van der Waals surface area contributed by atoms with Crippen LogP contribution < -0.4 is 0 Å². The first-order valence-electron chi connectivity index (χ1n) is 5.88. The highest BCUT2D eigenvalue weighted by Crippen LogP contribution is 2.26. The number of aliphatic hydroxyl groups is 1. The van der Waals surface area contributed by atoms with E-state index < -0.39 is 29.1 Å². The van der Waals surface area contributed by atoms with Crippen molar-refractivity contribution < 1.29 is 18.3 Å². The number of imidazole rings is 1. The Bertz CT molecular complexity index is 560. The average Bonchev–Trinajstić information content (AvgIpc) is 2.76. The van der Waals surface area contributed by atoms with Crippen LogP contribution in [0.4, 0.5) is 13.2 Å². The van der Waals surface area contributed by atoms with Crippen molar-refractivity contribution in [2.45, 2.75) is 26.0 Å². The Labute approximate surface area is 108 Å². The zero-order chi connectivity index (χ0) is 14.0. The summed E-state index contributed by atoms with van der Waals surface area (Å²) in [6, 6.07) is 1.07. The second-order valence-corrected chi connectivity index (χ2v) is 4.16. The van der Waals surface area contributed by atoms with Crippen LogP contribution in [-0.2, 0) is 6.54 Å². The molecule has 1 N–H and O–H groups in total. The number of benzene rings is 1. The summed E-state index contributed by atoms with van der Waals surface area (Å²) in [7, 11) is 0. The predicted octanol–water partition coefficient (Wildman–Crippen LogP) is 2.79. The van der Waals surface area contributed by atoms with Crippen molar-refractivity contribution in [1.29, 1.82) is 0 Å². The fraction of sp³-hybridized carbons (Fsp3) is 0.308. The Balaban J connectivity index is 2.44. The lowest BCUT2D eigenvalue weighted by Crippen LogP contribution is -2.13. The first-order valence-corrected chi connectivity index (χ1v) is 5.88. The zero-order valence-corrected chi connectivity index (χ0v) is 10.3. The molecule has 0 saturated heterocycles. The lowest BCUT2D eigenvalue weighted by Gasteiger charge is -2.14. The van der Waals surface area contributed by atoms with E-state index in [4.69, 9.17) is 0 Å². The summed E-state index contributed by atoms with van der Waals surface area (Å²) in [5.74, 6) is -3.15. The predicted molar refractivity (Wildman–Crippen MR) is 62.9 cm³/mol. The third kappa shape index (κ3) is 2.63. The number of aromatic nitrogens is 2. The van der Waals surface area contributed by atoms with Gasteiger partial charge in [0.2, 0.25) is 0 Å². The molecule has 2 rings (SSSR count). The van der Waals surface area contributed by atoms with Crippen LogP contribution in [0.2, 0.25) is 0 Å². The summed E-state index contributed by atoms with van der Waals surface area (Å²) in [5.41, 5.74) is -0.593. The molecule has 0 saturated carbocycles. The van der Waals surface area contributed by atoms with Gasteiger partial charge in [-0.1, -0.05) is 6.92 Å². The maximum atomic E-state index is 13.6. The minimum Gasteiger partial charge on any atom is -0.380 e. The number of hydrogen-bond acceptors (Lipinski definition) is 2. The Morgan fingerprint density at radius 1 is 1.26 bits per heavy atom. The van der Waals surface area contributed by atoms with Gasteiger partial charge in [0.05, 0.1) is 5.56 Å². The Hall–Kier alpha value is -1.82. The quantitative estimate of drug-likeness (QED) is 0.927. The van der Waals surface area contributed by atoms with E-state index in [1.54, 1.807) is 10.8 Å². The smallest absolute Gasteiger partial charge is 0.142 e. The summed E-state index contributed by atoms with van der Waals surface area (Å²) in [6.45, 7) is 2.49.